The highest BCUT2D eigenvalue weighted by Gasteiger charge is 2.35. The molecule has 9 heteroatoms. The Morgan fingerprint density at radius 3 is 1.81 bits per heavy atom. The number of carbonyl (C=O) groups excluding carboxylic acids is 1. The van der Waals surface area contributed by atoms with Gasteiger partial charge in [0.15, 0.2) is 6.10 Å². The number of carbonyl (C=O) groups is 1. The summed E-state index contributed by atoms with van der Waals surface area (Å²) in [5, 5.41) is 0. The van der Waals surface area contributed by atoms with Gasteiger partial charge in [-0.15, -0.1) is 0 Å². The molecule has 1 aliphatic rings. The van der Waals surface area contributed by atoms with Crippen LogP contribution in [-0.4, -0.2) is 47.3 Å². The Bertz CT molecular complexity index is 925. The number of unbranched alkanes of at least 4 members (excludes halogenated alkanes) is 16. The van der Waals surface area contributed by atoms with Gasteiger partial charge in [-0.2, -0.15) is 0 Å². The van der Waals surface area contributed by atoms with Gasteiger partial charge in [-0.1, -0.05) is 134 Å². The van der Waals surface area contributed by atoms with Gasteiger partial charge in [0.25, 0.3) is 0 Å². The van der Waals surface area contributed by atoms with E-state index >= 15 is 0 Å². The number of hydrogen-bond donors (Lipinski definition) is 2. The van der Waals surface area contributed by atoms with Crippen LogP contribution in [0.2, 0.25) is 0 Å². The fourth-order valence-electron chi connectivity index (χ4n) is 5.34. The van der Waals surface area contributed by atoms with E-state index in [-0.39, 0.29) is 25.6 Å². The van der Waals surface area contributed by atoms with E-state index in [2.05, 4.69) is 54.8 Å². The van der Waals surface area contributed by atoms with Crippen molar-refractivity contribution in [3.63, 3.8) is 0 Å². The smallest absolute Gasteiger partial charge is 0.469 e. The quantitative estimate of drug-likeness (QED) is 0.0171. The molecule has 0 spiro atoms. The maximum atomic E-state index is 12.2. The maximum Gasteiger partial charge on any atom is 0.469 e. The lowest BCUT2D eigenvalue weighted by molar-refractivity contribution is -0.147. The molecule has 0 aromatic carbocycles. The van der Waals surface area contributed by atoms with Crippen molar-refractivity contribution in [1.29, 1.82) is 0 Å². The molecule has 0 bridgehead atoms. The van der Waals surface area contributed by atoms with E-state index in [0.29, 0.717) is 18.6 Å². The predicted molar refractivity (Wildman–Crippen MR) is 197 cm³/mol. The third-order valence-corrected chi connectivity index (χ3v) is 8.86. The SMILES string of the molecule is CCCCC/C=C\CC1OC1C/C=C\C/C=C\CCCC(=O)OC[C@H](COP(=O)(O)O)O/C=C/CCCCCCCCCCCCCC. The fraction of sp³-hybridized carbons (Fsp3) is 0.769. The van der Waals surface area contributed by atoms with E-state index < -0.39 is 13.9 Å². The van der Waals surface area contributed by atoms with Crippen LogP contribution in [0.4, 0.5) is 0 Å². The van der Waals surface area contributed by atoms with Crippen LogP contribution in [0, 0.1) is 0 Å². The zero-order chi connectivity index (χ0) is 35.0. The molecule has 0 amide bonds. The molecule has 2 N–H and O–H groups in total. The van der Waals surface area contributed by atoms with E-state index in [9.17, 15) is 9.36 Å². The molecular formula is C39H69O8P. The summed E-state index contributed by atoms with van der Waals surface area (Å²) in [5.74, 6) is -0.372. The van der Waals surface area contributed by atoms with Crippen LogP contribution in [0.15, 0.2) is 48.8 Å². The summed E-state index contributed by atoms with van der Waals surface area (Å²) in [7, 11) is -4.66. The summed E-state index contributed by atoms with van der Waals surface area (Å²) in [6, 6.07) is 0. The number of hydrogen-bond acceptors (Lipinski definition) is 6. The molecule has 0 aliphatic carbocycles. The zero-order valence-corrected chi connectivity index (χ0v) is 31.2. The van der Waals surface area contributed by atoms with Gasteiger partial charge in [0.2, 0.25) is 0 Å². The lowest BCUT2D eigenvalue weighted by Gasteiger charge is -2.17. The van der Waals surface area contributed by atoms with Gasteiger partial charge in [0.1, 0.15) is 6.61 Å². The van der Waals surface area contributed by atoms with Gasteiger partial charge in [-0.3, -0.25) is 9.32 Å². The van der Waals surface area contributed by atoms with Crippen molar-refractivity contribution in [3.05, 3.63) is 48.8 Å². The Labute approximate surface area is 293 Å². The monoisotopic (exact) mass is 696 g/mol. The number of ether oxygens (including phenoxy) is 3. The average molecular weight is 697 g/mol. The highest BCUT2D eigenvalue weighted by molar-refractivity contribution is 7.46. The van der Waals surface area contributed by atoms with E-state index in [0.717, 1.165) is 38.5 Å². The zero-order valence-electron chi connectivity index (χ0n) is 30.3. The van der Waals surface area contributed by atoms with Crippen LogP contribution >= 0.6 is 7.82 Å². The fourth-order valence-corrected chi connectivity index (χ4v) is 5.70. The van der Waals surface area contributed by atoms with Gasteiger partial charge < -0.3 is 24.0 Å². The first kappa shape index (κ1) is 44.3. The highest BCUT2D eigenvalue weighted by Crippen LogP contribution is 2.36. The predicted octanol–water partition coefficient (Wildman–Crippen LogP) is 11.0. The second-order valence-corrected chi connectivity index (χ2v) is 14.2. The van der Waals surface area contributed by atoms with Crippen molar-refractivity contribution in [2.45, 2.75) is 180 Å². The maximum absolute atomic E-state index is 12.2. The number of phosphoric ester groups is 1. The summed E-state index contributed by atoms with van der Waals surface area (Å²) in [6.07, 6.45) is 42.3. The second-order valence-electron chi connectivity index (χ2n) is 13.0. The normalized spacial score (nSPS) is 17.3. The minimum absolute atomic E-state index is 0.136. The molecule has 1 aliphatic heterocycles. The molecule has 8 nitrogen and oxygen atoms in total. The summed E-state index contributed by atoms with van der Waals surface area (Å²) in [4.78, 5) is 30.3. The average Bonchev–Trinajstić information content (AvgIpc) is 3.81. The van der Waals surface area contributed by atoms with Crippen LogP contribution in [0.25, 0.3) is 0 Å². The minimum atomic E-state index is -4.66. The molecule has 1 saturated heterocycles. The summed E-state index contributed by atoms with van der Waals surface area (Å²) < 4.78 is 32.4. The van der Waals surface area contributed by atoms with Crippen molar-refractivity contribution in [1.82, 2.24) is 0 Å². The molecule has 0 aromatic rings. The number of esters is 1. The molecule has 0 aromatic heterocycles. The largest absolute Gasteiger partial charge is 0.492 e. The summed E-state index contributed by atoms with van der Waals surface area (Å²) >= 11 is 0. The first-order chi connectivity index (χ1) is 23.4. The van der Waals surface area contributed by atoms with Crippen molar-refractivity contribution in [2.24, 2.45) is 0 Å². The molecule has 278 valence electrons. The Kier molecular flexibility index (Phi) is 28.9. The minimum Gasteiger partial charge on any atom is -0.492 e. The van der Waals surface area contributed by atoms with Crippen molar-refractivity contribution in [2.75, 3.05) is 13.2 Å². The van der Waals surface area contributed by atoms with E-state index in [1.807, 2.05) is 6.08 Å². The molecule has 1 heterocycles. The van der Waals surface area contributed by atoms with Gasteiger partial charge >= 0.3 is 13.8 Å². The van der Waals surface area contributed by atoms with Crippen molar-refractivity contribution < 1.29 is 37.9 Å². The number of epoxide rings is 1. The van der Waals surface area contributed by atoms with Crippen molar-refractivity contribution >= 4 is 13.8 Å². The molecule has 1 fully saturated rings. The van der Waals surface area contributed by atoms with E-state index in [4.69, 9.17) is 24.0 Å². The molecule has 2 unspecified atom stereocenters. The summed E-state index contributed by atoms with van der Waals surface area (Å²) in [6.45, 7) is 3.97. The van der Waals surface area contributed by atoms with Crippen LogP contribution in [0.1, 0.15) is 162 Å². The molecule has 0 radical (unpaired) electrons. The van der Waals surface area contributed by atoms with E-state index in [1.54, 1.807) is 0 Å². The van der Waals surface area contributed by atoms with E-state index in [1.165, 1.54) is 103 Å². The van der Waals surface area contributed by atoms with Crippen LogP contribution in [-0.2, 0) is 28.1 Å². The molecule has 48 heavy (non-hydrogen) atoms. The number of rotatable bonds is 34. The Hall–Kier alpha value is -1.70. The van der Waals surface area contributed by atoms with Crippen LogP contribution in [0.3, 0.4) is 0 Å². The van der Waals surface area contributed by atoms with Gasteiger partial charge in [0.05, 0.1) is 25.1 Å². The molecule has 3 atom stereocenters. The van der Waals surface area contributed by atoms with Crippen LogP contribution in [0.5, 0.6) is 0 Å². The second kappa shape index (κ2) is 31.3. The van der Waals surface area contributed by atoms with Gasteiger partial charge in [-0.05, 0) is 63.9 Å². The number of phosphoric acid groups is 1. The van der Waals surface area contributed by atoms with Crippen molar-refractivity contribution in [3.8, 4) is 0 Å². The lowest BCUT2D eigenvalue weighted by atomic mass is 10.0. The highest BCUT2D eigenvalue weighted by atomic mass is 31.2. The molecule has 1 rings (SSSR count). The first-order valence-corrected chi connectivity index (χ1v) is 20.6. The third-order valence-electron chi connectivity index (χ3n) is 8.37. The molecule has 0 saturated carbocycles. The Morgan fingerprint density at radius 2 is 1.17 bits per heavy atom. The standard InChI is InChI=1S/C39H69O8P/c1-3-5-7-9-11-12-13-14-15-16-17-21-25-29-33-44-36(35-46-48(41,42)43)34-45-39(40)32-28-24-20-18-19-23-27-31-38-37(47-38)30-26-22-10-8-6-4-2/h18,20,22-23,26-27,29,33,36-38H,3-17,19,21,24-25,28,30-32,34-35H2,1-2H3,(H2,41,42,43)/b20-18-,26-22-,27-23-,33-29+/t36-,37?,38?/m1/s1. The molecular weight excluding hydrogens is 627 g/mol. The number of allylic oxidation sites excluding steroid dienone is 5. The summed E-state index contributed by atoms with van der Waals surface area (Å²) in [5.41, 5.74) is 0. The third kappa shape index (κ3) is 30.4. The van der Waals surface area contributed by atoms with Gasteiger partial charge in [0, 0.05) is 6.42 Å². The first-order valence-electron chi connectivity index (χ1n) is 19.1. The topological polar surface area (TPSA) is 115 Å². The Balaban J connectivity index is 2.10. The van der Waals surface area contributed by atoms with Crippen LogP contribution < -0.4 is 0 Å². The Morgan fingerprint density at radius 1 is 0.667 bits per heavy atom. The van der Waals surface area contributed by atoms with Gasteiger partial charge in [-0.25, -0.2) is 4.57 Å². The lowest BCUT2D eigenvalue weighted by Crippen LogP contribution is -2.25.